The van der Waals surface area contributed by atoms with Crippen LogP contribution in [0.4, 0.5) is 11.4 Å². The number of nitrogens with two attached hydrogens (primary N) is 1. The molecule has 35 heavy (non-hydrogen) atoms. The largest absolute Gasteiger partial charge is 0.459 e. The van der Waals surface area contributed by atoms with Crippen LogP contribution in [0, 0.1) is 0 Å². The molecule has 4 aromatic rings. The SMILES string of the molecule is NS(=O)(=O)c1ccc(NC(=O)C(Sc2cccc(NC(=O)c3ccco3)c2)c2ccccc2)cc1. The lowest BCUT2D eigenvalue weighted by Crippen LogP contribution is -2.19. The van der Waals surface area contributed by atoms with E-state index in [1.807, 2.05) is 36.4 Å². The molecule has 1 atom stereocenters. The van der Waals surface area contributed by atoms with Crippen LogP contribution < -0.4 is 15.8 Å². The molecule has 178 valence electrons. The molecule has 4 rings (SSSR count). The average Bonchev–Trinajstić information content (AvgIpc) is 3.38. The molecule has 0 aliphatic heterocycles. The Morgan fingerprint density at radius 1 is 0.829 bits per heavy atom. The highest BCUT2D eigenvalue weighted by molar-refractivity contribution is 8.00. The third-order valence-electron chi connectivity index (χ3n) is 4.88. The van der Waals surface area contributed by atoms with Crippen molar-refractivity contribution >= 4 is 45.0 Å². The Hall–Kier alpha value is -3.86. The summed E-state index contributed by atoms with van der Waals surface area (Å²) < 4.78 is 28.1. The molecule has 0 radical (unpaired) electrons. The van der Waals surface area contributed by atoms with Crippen molar-refractivity contribution in [2.75, 3.05) is 10.6 Å². The number of hydrogen-bond donors (Lipinski definition) is 3. The molecule has 0 spiro atoms. The van der Waals surface area contributed by atoms with Gasteiger partial charge in [-0.1, -0.05) is 36.4 Å². The first-order chi connectivity index (χ1) is 16.8. The maximum absolute atomic E-state index is 13.3. The van der Waals surface area contributed by atoms with Crippen molar-refractivity contribution in [3.05, 3.63) is 109 Å². The molecule has 10 heteroatoms. The summed E-state index contributed by atoms with van der Waals surface area (Å²) in [4.78, 5) is 26.3. The number of carbonyl (C=O) groups is 2. The zero-order valence-corrected chi connectivity index (χ0v) is 19.9. The molecule has 0 aliphatic rings. The van der Waals surface area contributed by atoms with E-state index >= 15 is 0 Å². The minimum atomic E-state index is -3.83. The zero-order valence-electron chi connectivity index (χ0n) is 18.3. The van der Waals surface area contributed by atoms with Crippen molar-refractivity contribution in [3.8, 4) is 0 Å². The van der Waals surface area contributed by atoms with E-state index in [9.17, 15) is 18.0 Å². The molecule has 0 saturated heterocycles. The van der Waals surface area contributed by atoms with Gasteiger partial charge in [-0.05, 0) is 60.2 Å². The number of nitrogens with one attached hydrogen (secondary N) is 2. The molecule has 3 aromatic carbocycles. The molecule has 8 nitrogen and oxygen atoms in total. The third kappa shape index (κ3) is 6.38. The van der Waals surface area contributed by atoms with E-state index in [2.05, 4.69) is 10.6 Å². The van der Waals surface area contributed by atoms with Crippen LogP contribution in [0.15, 0.2) is 111 Å². The van der Waals surface area contributed by atoms with Crippen molar-refractivity contribution in [1.82, 2.24) is 0 Å². The quantitative estimate of drug-likeness (QED) is 0.298. The van der Waals surface area contributed by atoms with Crippen LogP contribution in [0.25, 0.3) is 0 Å². The molecule has 1 aromatic heterocycles. The second kappa shape index (κ2) is 10.6. The van der Waals surface area contributed by atoms with Gasteiger partial charge in [0.15, 0.2) is 5.76 Å². The van der Waals surface area contributed by atoms with Crippen LogP contribution in [0.3, 0.4) is 0 Å². The van der Waals surface area contributed by atoms with Gasteiger partial charge >= 0.3 is 0 Å². The topological polar surface area (TPSA) is 132 Å². The molecule has 2 amide bonds. The smallest absolute Gasteiger partial charge is 0.291 e. The summed E-state index contributed by atoms with van der Waals surface area (Å²) in [6.45, 7) is 0. The van der Waals surface area contributed by atoms with Gasteiger partial charge in [0.1, 0.15) is 5.25 Å². The Labute approximate surface area is 206 Å². The number of primary sulfonamides is 1. The maximum atomic E-state index is 13.3. The predicted octanol–water partition coefficient (Wildman–Crippen LogP) is 4.65. The van der Waals surface area contributed by atoms with Gasteiger partial charge in [-0.15, -0.1) is 11.8 Å². The van der Waals surface area contributed by atoms with Gasteiger partial charge in [-0.2, -0.15) is 0 Å². The number of anilines is 2. The number of rotatable bonds is 8. The lowest BCUT2D eigenvalue weighted by molar-refractivity contribution is -0.115. The Balaban J connectivity index is 1.54. The summed E-state index contributed by atoms with van der Waals surface area (Å²) in [6, 6.07) is 25.2. The molecule has 4 N–H and O–H groups in total. The molecule has 1 unspecified atom stereocenters. The summed E-state index contributed by atoms with van der Waals surface area (Å²) >= 11 is 1.31. The molecule has 0 fully saturated rings. The third-order valence-corrected chi connectivity index (χ3v) is 7.06. The number of hydrogen-bond acceptors (Lipinski definition) is 6. The van der Waals surface area contributed by atoms with Crippen LogP contribution in [-0.2, 0) is 14.8 Å². The molecular weight excluding hydrogens is 486 g/mol. The van der Waals surface area contributed by atoms with Crippen molar-refractivity contribution < 1.29 is 22.4 Å². The minimum Gasteiger partial charge on any atom is -0.459 e. The normalized spacial score (nSPS) is 12.0. The van der Waals surface area contributed by atoms with E-state index in [0.29, 0.717) is 11.4 Å². The average molecular weight is 508 g/mol. The lowest BCUT2D eigenvalue weighted by atomic mass is 10.1. The lowest BCUT2D eigenvalue weighted by Gasteiger charge is -2.18. The van der Waals surface area contributed by atoms with E-state index in [4.69, 9.17) is 9.56 Å². The van der Waals surface area contributed by atoms with Crippen molar-refractivity contribution in [1.29, 1.82) is 0 Å². The fourth-order valence-electron chi connectivity index (χ4n) is 3.22. The second-order valence-electron chi connectivity index (χ2n) is 7.43. The number of carbonyl (C=O) groups excluding carboxylic acids is 2. The van der Waals surface area contributed by atoms with Gasteiger partial charge in [0, 0.05) is 16.3 Å². The monoisotopic (exact) mass is 507 g/mol. The standard InChI is InChI=1S/C25H21N3O5S2/c26-35(31,32)21-13-11-18(12-14-21)27-25(30)23(17-6-2-1-3-7-17)34-20-9-4-8-19(16-20)28-24(29)22-10-5-15-33-22/h1-16,23H,(H,27,30)(H,28,29)(H2,26,31,32). The molecule has 1 heterocycles. The number of thioether (sulfide) groups is 1. The highest BCUT2D eigenvalue weighted by atomic mass is 32.2. The molecule has 0 saturated carbocycles. The number of benzene rings is 3. The van der Waals surface area contributed by atoms with Crippen LogP contribution in [0.2, 0.25) is 0 Å². The van der Waals surface area contributed by atoms with Crippen molar-refractivity contribution in [2.45, 2.75) is 15.0 Å². The predicted molar refractivity (Wildman–Crippen MR) is 135 cm³/mol. The van der Waals surface area contributed by atoms with Crippen molar-refractivity contribution in [3.63, 3.8) is 0 Å². The minimum absolute atomic E-state index is 0.0436. The van der Waals surface area contributed by atoms with Gasteiger partial charge in [0.2, 0.25) is 15.9 Å². The summed E-state index contributed by atoms with van der Waals surface area (Å²) in [5.74, 6) is -0.481. The first kappa shape index (κ1) is 24.3. The van der Waals surface area contributed by atoms with E-state index in [1.165, 1.54) is 42.3 Å². The number of furan rings is 1. The summed E-state index contributed by atoms with van der Waals surface area (Å²) in [5, 5.41) is 10.1. The maximum Gasteiger partial charge on any atom is 0.291 e. The molecule has 0 aliphatic carbocycles. The van der Waals surface area contributed by atoms with Gasteiger partial charge < -0.3 is 15.1 Å². The Morgan fingerprint density at radius 2 is 1.57 bits per heavy atom. The van der Waals surface area contributed by atoms with Crippen LogP contribution in [0.1, 0.15) is 21.4 Å². The number of amides is 2. The fraction of sp³-hybridized carbons (Fsp3) is 0.0400. The fourth-order valence-corrected chi connectivity index (χ4v) is 4.82. The van der Waals surface area contributed by atoms with E-state index in [-0.39, 0.29) is 22.5 Å². The number of sulfonamides is 1. The van der Waals surface area contributed by atoms with Gasteiger partial charge in [-0.3, -0.25) is 9.59 Å². The Kier molecular flexibility index (Phi) is 7.35. The molecule has 0 bridgehead atoms. The highest BCUT2D eigenvalue weighted by Crippen LogP contribution is 2.37. The highest BCUT2D eigenvalue weighted by Gasteiger charge is 2.23. The summed E-state index contributed by atoms with van der Waals surface area (Å²) in [7, 11) is -3.83. The van der Waals surface area contributed by atoms with Crippen LogP contribution in [0.5, 0.6) is 0 Å². The summed E-state index contributed by atoms with van der Waals surface area (Å²) in [6.07, 6.45) is 1.42. The molecular formula is C25H21N3O5S2. The van der Waals surface area contributed by atoms with Gasteiger partial charge in [0.25, 0.3) is 5.91 Å². The van der Waals surface area contributed by atoms with Gasteiger partial charge in [0.05, 0.1) is 11.2 Å². The van der Waals surface area contributed by atoms with Crippen LogP contribution >= 0.6 is 11.8 Å². The zero-order chi connectivity index (χ0) is 24.8. The Bertz CT molecular complexity index is 1420. The Morgan fingerprint density at radius 3 is 2.23 bits per heavy atom. The van der Waals surface area contributed by atoms with Crippen LogP contribution in [-0.4, -0.2) is 20.2 Å². The first-order valence-corrected chi connectivity index (χ1v) is 12.8. The summed E-state index contributed by atoms with van der Waals surface area (Å²) in [5.41, 5.74) is 1.77. The van der Waals surface area contributed by atoms with E-state index in [1.54, 1.807) is 30.3 Å². The van der Waals surface area contributed by atoms with Gasteiger partial charge in [-0.25, -0.2) is 13.6 Å². The van der Waals surface area contributed by atoms with Crippen molar-refractivity contribution in [2.24, 2.45) is 5.14 Å². The van der Waals surface area contributed by atoms with E-state index < -0.39 is 15.3 Å². The van der Waals surface area contributed by atoms with E-state index in [0.717, 1.165) is 10.5 Å². The second-order valence-corrected chi connectivity index (χ2v) is 10.2. The first-order valence-electron chi connectivity index (χ1n) is 10.4.